The van der Waals surface area contributed by atoms with Gasteiger partial charge in [-0.15, -0.1) is 0 Å². The number of nitrogens with one attached hydrogen (secondary N) is 2. The molecule has 0 aliphatic rings. The van der Waals surface area contributed by atoms with Gasteiger partial charge in [-0.25, -0.2) is 9.97 Å². The van der Waals surface area contributed by atoms with Crippen LogP contribution in [-0.4, -0.2) is 30.0 Å². The van der Waals surface area contributed by atoms with Gasteiger partial charge in [0.15, 0.2) is 0 Å². The minimum atomic E-state index is -0.244. The minimum absolute atomic E-state index is 0.244. The van der Waals surface area contributed by atoms with Crippen molar-refractivity contribution in [1.82, 2.24) is 9.97 Å². The van der Waals surface area contributed by atoms with E-state index >= 15 is 0 Å². The van der Waals surface area contributed by atoms with Gasteiger partial charge >= 0.3 is 0 Å². The topological polar surface area (TPSA) is 70.2 Å². The van der Waals surface area contributed by atoms with Gasteiger partial charge in [-0.2, -0.15) is 0 Å². The van der Waals surface area contributed by atoms with E-state index in [1.807, 2.05) is 57.1 Å². The summed E-state index contributed by atoms with van der Waals surface area (Å²) in [5, 5.41) is 6.10. The van der Waals surface area contributed by atoms with Crippen molar-refractivity contribution < 1.29 is 4.79 Å². The largest absolute Gasteiger partial charge is 0.378 e. The van der Waals surface area contributed by atoms with E-state index in [1.54, 1.807) is 0 Å². The van der Waals surface area contributed by atoms with Gasteiger partial charge in [-0.3, -0.25) is 4.79 Å². The summed E-state index contributed by atoms with van der Waals surface area (Å²) in [7, 11) is 3.94. The lowest BCUT2D eigenvalue weighted by Crippen LogP contribution is -2.13. The quantitative estimate of drug-likeness (QED) is 0.689. The molecule has 0 saturated heterocycles. The van der Waals surface area contributed by atoms with Crippen molar-refractivity contribution in [3.8, 4) is 0 Å². The zero-order valence-corrected chi connectivity index (χ0v) is 16.9. The predicted molar refractivity (Wildman–Crippen MR) is 115 cm³/mol. The Labute approximate surface area is 165 Å². The highest BCUT2D eigenvalue weighted by molar-refractivity contribution is 6.04. The van der Waals surface area contributed by atoms with Crippen LogP contribution in [0.1, 0.15) is 27.0 Å². The summed E-state index contributed by atoms with van der Waals surface area (Å²) in [6.07, 6.45) is 3.05. The fourth-order valence-corrected chi connectivity index (χ4v) is 3.05. The lowest BCUT2D eigenvalue weighted by atomic mass is 10.1. The van der Waals surface area contributed by atoms with Gasteiger partial charge in [0.05, 0.1) is 5.56 Å². The molecule has 0 atom stereocenters. The van der Waals surface area contributed by atoms with Crippen LogP contribution in [0.2, 0.25) is 0 Å². The van der Waals surface area contributed by atoms with Crippen molar-refractivity contribution in [3.63, 3.8) is 0 Å². The summed E-state index contributed by atoms with van der Waals surface area (Å²) >= 11 is 0. The zero-order valence-electron chi connectivity index (χ0n) is 16.9. The highest BCUT2D eigenvalue weighted by atomic mass is 16.1. The summed E-state index contributed by atoms with van der Waals surface area (Å²) in [5.74, 6) is 0.216. The standard InChI is InChI=1S/C22H25N5O/c1-14-10-15(2)20(16(3)11-14)26-22-23-12-17(13-24-22)21(28)25-18-6-8-19(9-7-18)27(4)5/h6-13H,1-5H3,(H,25,28)(H,23,24,26). The summed E-state index contributed by atoms with van der Waals surface area (Å²) in [5.41, 5.74) is 6.66. The first-order chi connectivity index (χ1) is 13.3. The van der Waals surface area contributed by atoms with E-state index < -0.39 is 0 Å². The van der Waals surface area contributed by atoms with Crippen LogP contribution in [0.5, 0.6) is 0 Å². The number of carbonyl (C=O) groups excluding carboxylic acids is 1. The molecular formula is C22H25N5O. The number of hydrogen-bond acceptors (Lipinski definition) is 5. The average Bonchev–Trinajstić information content (AvgIpc) is 2.65. The Morgan fingerprint density at radius 2 is 1.50 bits per heavy atom. The van der Waals surface area contributed by atoms with Crippen LogP contribution >= 0.6 is 0 Å². The van der Waals surface area contributed by atoms with Crippen LogP contribution in [0, 0.1) is 20.8 Å². The van der Waals surface area contributed by atoms with Crippen LogP contribution in [0.4, 0.5) is 23.0 Å². The molecular weight excluding hydrogens is 350 g/mol. The predicted octanol–water partition coefficient (Wildman–Crippen LogP) is 4.46. The first-order valence-electron chi connectivity index (χ1n) is 9.09. The second-order valence-electron chi connectivity index (χ2n) is 7.09. The Morgan fingerprint density at radius 1 is 0.929 bits per heavy atom. The van der Waals surface area contributed by atoms with Gasteiger partial charge < -0.3 is 15.5 Å². The molecule has 0 bridgehead atoms. The normalized spacial score (nSPS) is 10.5. The Balaban J connectivity index is 1.69. The Bertz CT molecular complexity index is 956. The molecule has 0 aliphatic carbocycles. The van der Waals surface area contributed by atoms with E-state index in [0.717, 1.165) is 28.2 Å². The van der Waals surface area contributed by atoms with Crippen LogP contribution in [0.15, 0.2) is 48.8 Å². The van der Waals surface area contributed by atoms with Crippen molar-refractivity contribution >= 4 is 28.9 Å². The maximum atomic E-state index is 12.4. The molecule has 6 heteroatoms. The molecule has 0 saturated carbocycles. The minimum Gasteiger partial charge on any atom is -0.378 e. The fourth-order valence-electron chi connectivity index (χ4n) is 3.05. The van der Waals surface area contributed by atoms with Gasteiger partial charge in [-0.1, -0.05) is 17.7 Å². The lowest BCUT2D eigenvalue weighted by Gasteiger charge is -2.13. The average molecular weight is 375 g/mol. The number of carbonyl (C=O) groups is 1. The molecule has 2 aromatic carbocycles. The van der Waals surface area contributed by atoms with Crippen molar-refractivity contribution in [2.75, 3.05) is 29.6 Å². The van der Waals surface area contributed by atoms with Crippen LogP contribution in [0.3, 0.4) is 0 Å². The van der Waals surface area contributed by atoms with E-state index in [-0.39, 0.29) is 5.91 Å². The summed E-state index contributed by atoms with van der Waals surface area (Å²) < 4.78 is 0. The SMILES string of the molecule is Cc1cc(C)c(Nc2ncc(C(=O)Nc3ccc(N(C)C)cc3)cn2)c(C)c1. The molecule has 1 aromatic heterocycles. The van der Waals surface area contributed by atoms with Gasteiger partial charge in [-0.05, 0) is 56.2 Å². The molecule has 6 nitrogen and oxygen atoms in total. The molecule has 3 rings (SSSR count). The monoisotopic (exact) mass is 375 g/mol. The lowest BCUT2D eigenvalue weighted by molar-refractivity contribution is 0.102. The molecule has 144 valence electrons. The molecule has 0 aliphatic heterocycles. The highest BCUT2D eigenvalue weighted by Gasteiger charge is 2.10. The maximum Gasteiger partial charge on any atom is 0.258 e. The van der Waals surface area contributed by atoms with Gasteiger partial charge in [0.2, 0.25) is 5.95 Å². The molecule has 0 radical (unpaired) electrons. The third-order valence-corrected chi connectivity index (χ3v) is 4.47. The second kappa shape index (κ2) is 8.08. The van der Waals surface area contributed by atoms with Crippen molar-refractivity contribution in [2.24, 2.45) is 0 Å². The molecule has 0 spiro atoms. The summed E-state index contributed by atoms with van der Waals surface area (Å²) in [6, 6.07) is 11.9. The number of rotatable bonds is 5. The summed E-state index contributed by atoms with van der Waals surface area (Å²) in [6.45, 7) is 6.17. The van der Waals surface area contributed by atoms with Crippen molar-refractivity contribution in [2.45, 2.75) is 20.8 Å². The Morgan fingerprint density at radius 3 is 2.04 bits per heavy atom. The molecule has 28 heavy (non-hydrogen) atoms. The molecule has 1 heterocycles. The Kier molecular flexibility index (Phi) is 5.59. The number of benzene rings is 2. The smallest absolute Gasteiger partial charge is 0.258 e. The second-order valence-corrected chi connectivity index (χ2v) is 7.09. The van der Waals surface area contributed by atoms with E-state index in [2.05, 4.69) is 39.7 Å². The number of aromatic nitrogens is 2. The fraction of sp³-hybridized carbons (Fsp3) is 0.227. The third kappa shape index (κ3) is 4.46. The van der Waals surface area contributed by atoms with E-state index in [9.17, 15) is 4.79 Å². The highest BCUT2D eigenvalue weighted by Crippen LogP contribution is 2.24. The van der Waals surface area contributed by atoms with Gasteiger partial charge in [0.1, 0.15) is 0 Å². The number of amides is 1. The first kappa shape index (κ1) is 19.4. The molecule has 0 unspecified atom stereocenters. The summed E-state index contributed by atoms with van der Waals surface area (Å²) in [4.78, 5) is 23.0. The number of nitrogens with zero attached hydrogens (tertiary/aromatic N) is 3. The number of aryl methyl sites for hydroxylation is 3. The zero-order chi connectivity index (χ0) is 20.3. The van der Waals surface area contributed by atoms with Crippen LogP contribution in [0.25, 0.3) is 0 Å². The van der Waals surface area contributed by atoms with Crippen molar-refractivity contribution in [1.29, 1.82) is 0 Å². The number of anilines is 4. The van der Waals surface area contributed by atoms with Crippen LogP contribution < -0.4 is 15.5 Å². The van der Waals surface area contributed by atoms with Gasteiger partial charge in [0, 0.05) is 43.6 Å². The molecule has 2 N–H and O–H groups in total. The van der Waals surface area contributed by atoms with Gasteiger partial charge in [0.25, 0.3) is 5.91 Å². The third-order valence-electron chi connectivity index (χ3n) is 4.47. The first-order valence-corrected chi connectivity index (χ1v) is 9.09. The van der Waals surface area contributed by atoms with E-state index in [1.165, 1.54) is 18.0 Å². The molecule has 0 fully saturated rings. The molecule has 1 amide bonds. The Hall–Kier alpha value is -3.41. The van der Waals surface area contributed by atoms with E-state index in [4.69, 9.17) is 0 Å². The van der Waals surface area contributed by atoms with Crippen molar-refractivity contribution in [3.05, 3.63) is 71.0 Å². The maximum absolute atomic E-state index is 12.4. The number of hydrogen-bond donors (Lipinski definition) is 2. The van der Waals surface area contributed by atoms with E-state index in [0.29, 0.717) is 11.5 Å². The molecule has 3 aromatic rings. The van der Waals surface area contributed by atoms with Crippen LogP contribution in [-0.2, 0) is 0 Å².